The molecule has 2 fully saturated rings. The highest BCUT2D eigenvalue weighted by Crippen LogP contribution is 2.40. The van der Waals surface area contributed by atoms with Crippen LogP contribution in [-0.4, -0.2) is 63.2 Å². The standard InChI is InChI=1S/C23H28ClN3O6S/c1-14(2)31-23(28)27-10-8-15(9-11-27)32-21-20(30-3)22(26-13-25-21)33-19-7-6-17(12-18(19)24)34(29)16-4-5-16/h6-7,12-16H,4-5,8-11H2,1-3H3. The summed E-state index contributed by atoms with van der Waals surface area (Å²) in [5.74, 6) is 1.01. The van der Waals surface area contributed by atoms with Crippen LogP contribution in [-0.2, 0) is 15.9 Å². The Balaban J connectivity index is 1.41. The molecule has 1 aromatic heterocycles. The molecule has 9 nitrogen and oxygen atoms in total. The van der Waals surface area contributed by atoms with Gasteiger partial charge in [0.1, 0.15) is 23.4 Å². The Morgan fingerprint density at radius 1 is 1.18 bits per heavy atom. The van der Waals surface area contributed by atoms with Crippen LogP contribution in [0.4, 0.5) is 4.79 Å². The van der Waals surface area contributed by atoms with E-state index in [4.69, 9.17) is 30.5 Å². The van der Waals surface area contributed by atoms with Crippen molar-refractivity contribution in [3.63, 3.8) is 0 Å². The van der Waals surface area contributed by atoms with E-state index in [-0.39, 0.29) is 41.1 Å². The van der Waals surface area contributed by atoms with E-state index in [9.17, 15) is 9.35 Å². The quantitative estimate of drug-likeness (QED) is 0.476. The van der Waals surface area contributed by atoms with E-state index >= 15 is 0 Å². The largest absolute Gasteiger partial charge is 0.611 e. The van der Waals surface area contributed by atoms with Gasteiger partial charge in [-0.3, -0.25) is 0 Å². The zero-order valence-corrected chi connectivity index (χ0v) is 20.9. The Kier molecular flexibility index (Phi) is 7.90. The maximum atomic E-state index is 12.4. The number of ether oxygens (including phenoxy) is 4. The number of hydrogen-bond acceptors (Lipinski definition) is 8. The van der Waals surface area contributed by atoms with Gasteiger partial charge in [-0.2, -0.15) is 9.97 Å². The highest BCUT2D eigenvalue weighted by atomic mass is 35.5. The van der Waals surface area contributed by atoms with Gasteiger partial charge < -0.3 is 28.4 Å². The normalized spacial score (nSPS) is 17.4. The van der Waals surface area contributed by atoms with Gasteiger partial charge in [0, 0.05) is 44.8 Å². The highest BCUT2D eigenvalue weighted by Gasteiger charge is 2.36. The summed E-state index contributed by atoms with van der Waals surface area (Å²) in [5, 5.41) is 0.549. The van der Waals surface area contributed by atoms with Crippen LogP contribution < -0.4 is 14.2 Å². The average molecular weight is 510 g/mol. The fraction of sp³-hybridized carbons (Fsp3) is 0.522. The van der Waals surface area contributed by atoms with Gasteiger partial charge in [-0.15, -0.1) is 0 Å². The summed E-state index contributed by atoms with van der Waals surface area (Å²) < 4.78 is 35.1. The van der Waals surface area contributed by atoms with Gasteiger partial charge in [-0.1, -0.05) is 11.6 Å². The van der Waals surface area contributed by atoms with E-state index < -0.39 is 11.2 Å². The highest BCUT2D eigenvalue weighted by molar-refractivity contribution is 7.92. The van der Waals surface area contributed by atoms with E-state index in [2.05, 4.69) is 9.97 Å². The van der Waals surface area contributed by atoms with Crippen molar-refractivity contribution in [3.05, 3.63) is 29.5 Å². The lowest BCUT2D eigenvalue weighted by molar-refractivity contribution is 0.0499. The molecule has 1 amide bonds. The van der Waals surface area contributed by atoms with Gasteiger partial charge in [-0.05, 0) is 37.2 Å². The van der Waals surface area contributed by atoms with Crippen molar-refractivity contribution in [3.8, 4) is 23.3 Å². The number of nitrogens with zero attached hydrogens (tertiary/aromatic N) is 3. The molecule has 1 atom stereocenters. The van der Waals surface area contributed by atoms with Crippen LogP contribution in [0.25, 0.3) is 0 Å². The molecule has 1 aliphatic carbocycles. The van der Waals surface area contributed by atoms with Crippen molar-refractivity contribution < 1.29 is 28.3 Å². The number of hydrogen-bond donors (Lipinski definition) is 0. The molecular formula is C23H28ClN3O6S. The summed E-state index contributed by atoms with van der Waals surface area (Å²) in [6, 6.07) is 5.08. The molecular weight excluding hydrogens is 482 g/mol. The van der Waals surface area contributed by atoms with Gasteiger partial charge in [0.15, 0.2) is 4.90 Å². The number of rotatable bonds is 8. The van der Waals surface area contributed by atoms with Crippen molar-refractivity contribution in [1.29, 1.82) is 0 Å². The number of amides is 1. The molecule has 2 aromatic rings. The summed E-state index contributed by atoms with van der Waals surface area (Å²) in [6.07, 6.45) is 3.91. The Hall–Kier alpha value is -2.43. The average Bonchev–Trinajstić information content (AvgIpc) is 3.66. The minimum Gasteiger partial charge on any atom is -0.611 e. The van der Waals surface area contributed by atoms with Gasteiger partial charge >= 0.3 is 6.09 Å². The van der Waals surface area contributed by atoms with Crippen LogP contribution in [0.2, 0.25) is 5.02 Å². The van der Waals surface area contributed by atoms with Crippen LogP contribution in [0.15, 0.2) is 29.4 Å². The SMILES string of the molecule is COc1c(Oc2ccc([S+]([O-])C3CC3)cc2Cl)ncnc1OC1CCN(C(=O)OC(C)C)CC1. The van der Waals surface area contributed by atoms with Crippen LogP contribution in [0.3, 0.4) is 0 Å². The minimum absolute atomic E-state index is 0.153. The van der Waals surface area contributed by atoms with E-state index in [1.165, 1.54) is 13.4 Å². The Morgan fingerprint density at radius 2 is 1.88 bits per heavy atom. The molecule has 1 unspecified atom stereocenters. The van der Waals surface area contributed by atoms with Crippen LogP contribution in [0.5, 0.6) is 23.3 Å². The summed E-state index contributed by atoms with van der Waals surface area (Å²) >= 11 is 5.34. The summed E-state index contributed by atoms with van der Waals surface area (Å²) in [7, 11) is 1.48. The summed E-state index contributed by atoms with van der Waals surface area (Å²) in [5.41, 5.74) is 0. The molecule has 184 valence electrons. The van der Waals surface area contributed by atoms with E-state index in [1.807, 2.05) is 13.8 Å². The smallest absolute Gasteiger partial charge is 0.410 e. The molecule has 0 N–H and O–H groups in total. The first-order valence-corrected chi connectivity index (χ1v) is 12.8. The fourth-order valence-corrected chi connectivity index (χ4v) is 5.20. The molecule has 4 rings (SSSR count). The molecule has 1 aliphatic heterocycles. The summed E-state index contributed by atoms with van der Waals surface area (Å²) in [6.45, 7) is 4.70. The van der Waals surface area contributed by atoms with Crippen LogP contribution in [0.1, 0.15) is 39.5 Å². The lowest BCUT2D eigenvalue weighted by atomic mass is 10.1. The summed E-state index contributed by atoms with van der Waals surface area (Å²) in [4.78, 5) is 22.8. The van der Waals surface area contributed by atoms with E-state index in [0.717, 1.165) is 12.8 Å². The molecule has 1 aromatic carbocycles. The number of benzene rings is 1. The third-order valence-corrected chi connectivity index (χ3v) is 7.52. The van der Waals surface area contributed by atoms with Crippen LogP contribution in [0, 0.1) is 0 Å². The second-order valence-electron chi connectivity index (χ2n) is 8.45. The molecule has 1 saturated heterocycles. The second kappa shape index (κ2) is 10.9. The van der Waals surface area contributed by atoms with E-state index in [1.54, 1.807) is 23.1 Å². The van der Waals surface area contributed by atoms with Crippen molar-refractivity contribution in [2.24, 2.45) is 0 Å². The molecule has 11 heteroatoms. The number of aromatic nitrogens is 2. The molecule has 2 heterocycles. The Morgan fingerprint density at radius 3 is 2.50 bits per heavy atom. The Labute approximate surface area is 206 Å². The van der Waals surface area contributed by atoms with Crippen LogP contribution >= 0.6 is 11.6 Å². The zero-order valence-electron chi connectivity index (χ0n) is 19.4. The first-order valence-electron chi connectivity index (χ1n) is 11.2. The van der Waals surface area contributed by atoms with E-state index in [0.29, 0.717) is 41.6 Å². The molecule has 0 radical (unpaired) electrons. The van der Waals surface area contributed by atoms with Crippen molar-refractivity contribution in [2.45, 2.75) is 61.9 Å². The minimum atomic E-state index is -1.05. The monoisotopic (exact) mass is 509 g/mol. The number of carbonyl (C=O) groups excluding carboxylic acids is 1. The number of carbonyl (C=O) groups is 1. The van der Waals surface area contributed by atoms with Gasteiger partial charge in [0.2, 0.25) is 5.75 Å². The third kappa shape index (κ3) is 5.97. The second-order valence-corrected chi connectivity index (χ2v) is 10.6. The Bertz CT molecular complexity index is 1010. The lowest BCUT2D eigenvalue weighted by Crippen LogP contribution is -2.42. The number of piperidine rings is 1. The third-order valence-electron chi connectivity index (χ3n) is 5.43. The first kappa shape index (κ1) is 24.7. The predicted molar refractivity (Wildman–Crippen MR) is 126 cm³/mol. The molecule has 1 saturated carbocycles. The maximum Gasteiger partial charge on any atom is 0.410 e. The number of methoxy groups -OCH3 is 1. The first-order chi connectivity index (χ1) is 16.4. The maximum absolute atomic E-state index is 12.4. The molecule has 34 heavy (non-hydrogen) atoms. The van der Waals surface area contributed by atoms with Gasteiger partial charge in [0.05, 0.1) is 18.2 Å². The topological polar surface area (TPSA) is 106 Å². The molecule has 0 bridgehead atoms. The zero-order chi connectivity index (χ0) is 24.2. The van der Waals surface area contributed by atoms with Gasteiger partial charge in [-0.25, -0.2) is 4.79 Å². The fourth-order valence-electron chi connectivity index (χ4n) is 3.53. The van der Waals surface area contributed by atoms with Crippen molar-refractivity contribution >= 4 is 28.9 Å². The number of halogens is 1. The molecule has 0 spiro atoms. The lowest BCUT2D eigenvalue weighted by Gasteiger charge is -2.31. The van der Waals surface area contributed by atoms with Crippen molar-refractivity contribution in [2.75, 3.05) is 20.2 Å². The predicted octanol–water partition coefficient (Wildman–Crippen LogP) is 4.59. The number of likely N-dealkylation sites (tertiary alicyclic amines) is 1. The van der Waals surface area contributed by atoms with Gasteiger partial charge in [0.25, 0.3) is 11.8 Å². The van der Waals surface area contributed by atoms with Crippen molar-refractivity contribution in [1.82, 2.24) is 14.9 Å². The molecule has 2 aliphatic rings.